The normalized spacial score (nSPS) is 10.3. The molecule has 2 N–H and O–H groups in total. The van der Waals surface area contributed by atoms with Crippen molar-refractivity contribution in [3.8, 4) is 0 Å². The van der Waals surface area contributed by atoms with E-state index in [0.29, 0.717) is 21.4 Å². The van der Waals surface area contributed by atoms with Gasteiger partial charge in [-0.1, -0.05) is 54.2 Å². The molecule has 0 fully saturated rings. The Morgan fingerprint density at radius 3 is 2.17 bits per heavy atom. The van der Waals surface area contributed by atoms with Gasteiger partial charge in [0.1, 0.15) is 5.82 Å². The van der Waals surface area contributed by atoms with Gasteiger partial charge in [-0.2, -0.15) is 0 Å². The van der Waals surface area contributed by atoms with Crippen LogP contribution in [0.15, 0.2) is 66.7 Å². The second kappa shape index (κ2) is 9.17. The molecule has 3 aromatic carbocycles. The van der Waals surface area contributed by atoms with Crippen LogP contribution >= 0.6 is 36.0 Å². The minimum atomic E-state index is -0.758. The third-order valence-electron chi connectivity index (χ3n) is 3.77. The highest BCUT2D eigenvalue weighted by Gasteiger charge is 2.19. The van der Waals surface area contributed by atoms with E-state index in [4.69, 9.17) is 23.2 Å². The number of halogens is 3. The van der Waals surface area contributed by atoms with Crippen molar-refractivity contribution in [2.75, 3.05) is 14.9 Å². The Balaban J connectivity index is 1.79. The maximum atomic E-state index is 14.3. The first kappa shape index (κ1) is 21.0. The molecule has 29 heavy (non-hydrogen) atoms. The second-order valence-electron chi connectivity index (χ2n) is 5.89. The highest BCUT2D eigenvalue weighted by molar-refractivity contribution is 7.82. The number of hydrogen-bond donors (Lipinski definition) is 3. The summed E-state index contributed by atoms with van der Waals surface area (Å²) in [5.41, 5.74) is 0.856. The third-order valence-corrected chi connectivity index (χ3v) is 4.61. The first-order valence-electron chi connectivity index (χ1n) is 8.25. The van der Waals surface area contributed by atoms with Crippen molar-refractivity contribution in [3.05, 3.63) is 88.2 Å². The number of hydrogen-bond acceptors (Lipinski definition) is 3. The fourth-order valence-electron chi connectivity index (χ4n) is 2.45. The Morgan fingerprint density at radius 2 is 1.52 bits per heavy atom. The molecule has 0 spiro atoms. The number of anilines is 3. The lowest BCUT2D eigenvalue weighted by molar-refractivity contribution is 0.102. The minimum absolute atomic E-state index is 0.155. The molecule has 0 aliphatic heterocycles. The van der Waals surface area contributed by atoms with Gasteiger partial charge in [0.2, 0.25) is 0 Å². The zero-order valence-corrected chi connectivity index (χ0v) is 17.1. The van der Waals surface area contributed by atoms with Crippen LogP contribution in [0, 0.1) is 5.82 Å². The quantitative estimate of drug-likeness (QED) is 0.411. The van der Waals surface area contributed by atoms with Gasteiger partial charge in [-0.3, -0.25) is 4.79 Å². The Labute approximate surface area is 182 Å². The lowest BCUT2D eigenvalue weighted by atomic mass is 10.1. The number of rotatable bonds is 4. The highest BCUT2D eigenvalue weighted by Crippen LogP contribution is 2.26. The molecule has 3 amide bonds. The zero-order valence-electron chi connectivity index (χ0n) is 14.7. The lowest BCUT2D eigenvalue weighted by Crippen LogP contribution is -2.28. The molecule has 0 unspecified atom stereocenters. The van der Waals surface area contributed by atoms with Crippen LogP contribution in [0.5, 0.6) is 0 Å². The second-order valence-corrected chi connectivity index (χ2v) is 7.16. The molecule has 9 heteroatoms. The van der Waals surface area contributed by atoms with Crippen molar-refractivity contribution in [1.82, 2.24) is 0 Å². The van der Waals surface area contributed by atoms with Crippen LogP contribution < -0.4 is 14.9 Å². The summed E-state index contributed by atoms with van der Waals surface area (Å²) < 4.78 is 15.0. The van der Waals surface area contributed by atoms with Gasteiger partial charge in [0, 0.05) is 27.0 Å². The molecular formula is C20H14Cl2FN3O2S. The van der Waals surface area contributed by atoms with Gasteiger partial charge in [-0.25, -0.2) is 13.5 Å². The predicted octanol–water partition coefficient (Wildman–Crippen LogP) is 6.27. The Hall–Kier alpha value is -2.74. The van der Waals surface area contributed by atoms with Crippen LogP contribution in [0.4, 0.5) is 26.2 Å². The van der Waals surface area contributed by atoms with Gasteiger partial charge < -0.3 is 10.6 Å². The standard InChI is InChI=1S/C20H14Cl2FN3O2S/c21-13-9-14(22)11-16(10-13)25-20(28)26(29)18-8-12(6-7-17(18)23)19(27)24-15-4-2-1-3-5-15/h1-11,29H,(H,24,27)(H,25,28). The number of urea groups is 1. The van der Waals surface area contributed by atoms with Gasteiger partial charge in [0.05, 0.1) is 5.69 Å². The highest BCUT2D eigenvalue weighted by atomic mass is 35.5. The number of carbonyl (C=O) groups excluding carboxylic acids is 2. The van der Waals surface area contributed by atoms with E-state index >= 15 is 0 Å². The largest absolute Gasteiger partial charge is 0.336 e. The molecule has 0 heterocycles. The third kappa shape index (κ3) is 5.41. The Kier molecular flexibility index (Phi) is 6.64. The summed E-state index contributed by atoms with van der Waals surface area (Å²) in [5, 5.41) is 5.85. The summed E-state index contributed by atoms with van der Waals surface area (Å²) in [4.78, 5) is 24.9. The molecule has 3 rings (SSSR count). The van der Waals surface area contributed by atoms with Crippen LogP contribution in [-0.4, -0.2) is 11.9 Å². The summed E-state index contributed by atoms with van der Waals surface area (Å²) in [5.74, 6) is -1.18. The number of benzene rings is 3. The van der Waals surface area contributed by atoms with Crippen LogP contribution in [0.1, 0.15) is 10.4 Å². The summed E-state index contributed by atoms with van der Waals surface area (Å²) in [7, 11) is 0. The van der Waals surface area contributed by atoms with Crippen molar-refractivity contribution in [1.29, 1.82) is 0 Å². The first-order chi connectivity index (χ1) is 13.8. The summed E-state index contributed by atoms with van der Waals surface area (Å²) in [6.07, 6.45) is 0. The fraction of sp³-hybridized carbons (Fsp3) is 0. The SMILES string of the molecule is O=C(Nc1ccccc1)c1ccc(F)c(N(S)C(=O)Nc2cc(Cl)cc(Cl)c2)c1. The molecule has 0 saturated carbocycles. The van der Waals surface area contributed by atoms with Gasteiger partial charge >= 0.3 is 6.03 Å². The zero-order chi connectivity index (χ0) is 21.0. The van der Waals surface area contributed by atoms with E-state index in [2.05, 4.69) is 23.4 Å². The van der Waals surface area contributed by atoms with Crippen molar-refractivity contribution in [2.45, 2.75) is 0 Å². The van der Waals surface area contributed by atoms with Gasteiger partial charge in [0.25, 0.3) is 5.91 Å². The fourth-order valence-corrected chi connectivity index (χ4v) is 3.18. The van der Waals surface area contributed by atoms with E-state index in [9.17, 15) is 14.0 Å². The maximum Gasteiger partial charge on any atom is 0.336 e. The topological polar surface area (TPSA) is 61.4 Å². The Bertz CT molecular complexity index is 1050. The molecule has 3 aromatic rings. The van der Waals surface area contributed by atoms with Crippen molar-refractivity contribution in [3.63, 3.8) is 0 Å². The minimum Gasteiger partial charge on any atom is -0.322 e. The number of thiol groups is 1. The van der Waals surface area contributed by atoms with Gasteiger partial charge in [0.15, 0.2) is 0 Å². The molecule has 0 aliphatic rings. The molecule has 148 valence electrons. The lowest BCUT2D eigenvalue weighted by Gasteiger charge is -2.18. The number of carbonyl (C=O) groups is 2. The van der Waals surface area contributed by atoms with E-state index < -0.39 is 17.8 Å². The van der Waals surface area contributed by atoms with E-state index in [1.807, 2.05) is 6.07 Å². The van der Waals surface area contributed by atoms with Gasteiger partial charge in [-0.05, 0) is 48.5 Å². The average molecular weight is 450 g/mol. The number of para-hydroxylation sites is 1. The Morgan fingerprint density at radius 1 is 0.862 bits per heavy atom. The van der Waals surface area contributed by atoms with E-state index in [1.165, 1.54) is 30.3 Å². The van der Waals surface area contributed by atoms with Gasteiger partial charge in [-0.15, -0.1) is 0 Å². The number of amides is 3. The van der Waals surface area contributed by atoms with Crippen LogP contribution in [0.25, 0.3) is 0 Å². The molecule has 0 saturated heterocycles. The van der Waals surface area contributed by atoms with Crippen LogP contribution in [0.2, 0.25) is 10.0 Å². The van der Waals surface area contributed by atoms with E-state index in [0.717, 1.165) is 10.4 Å². The summed E-state index contributed by atoms with van der Waals surface area (Å²) in [6, 6.07) is 16.1. The van der Waals surface area contributed by atoms with E-state index in [1.54, 1.807) is 24.3 Å². The molecule has 0 aliphatic carbocycles. The molecule has 0 radical (unpaired) electrons. The molecule has 0 bridgehead atoms. The molecule has 5 nitrogen and oxygen atoms in total. The van der Waals surface area contributed by atoms with Crippen LogP contribution in [0.3, 0.4) is 0 Å². The molecular weight excluding hydrogens is 436 g/mol. The predicted molar refractivity (Wildman–Crippen MR) is 118 cm³/mol. The van der Waals surface area contributed by atoms with Crippen LogP contribution in [-0.2, 0) is 0 Å². The monoisotopic (exact) mass is 449 g/mol. The maximum absolute atomic E-state index is 14.3. The van der Waals surface area contributed by atoms with Crippen molar-refractivity contribution >= 4 is 65.0 Å². The number of nitrogens with zero attached hydrogens (tertiary/aromatic N) is 1. The van der Waals surface area contributed by atoms with E-state index in [-0.39, 0.29) is 11.3 Å². The molecule has 0 aromatic heterocycles. The molecule has 0 atom stereocenters. The first-order valence-corrected chi connectivity index (χ1v) is 9.41. The summed E-state index contributed by atoms with van der Waals surface area (Å²) in [6.45, 7) is 0. The van der Waals surface area contributed by atoms with Crippen molar-refractivity contribution in [2.24, 2.45) is 0 Å². The summed E-state index contributed by atoms with van der Waals surface area (Å²) >= 11 is 15.9. The number of nitrogens with one attached hydrogen (secondary N) is 2. The smallest absolute Gasteiger partial charge is 0.322 e. The van der Waals surface area contributed by atoms with Crippen molar-refractivity contribution < 1.29 is 14.0 Å². The average Bonchev–Trinajstić information content (AvgIpc) is 2.67.